The van der Waals surface area contributed by atoms with Gasteiger partial charge in [-0.15, -0.1) is 0 Å². The van der Waals surface area contributed by atoms with Crippen molar-refractivity contribution in [3.05, 3.63) is 58.3 Å². The molecule has 0 aliphatic rings. The Morgan fingerprint density at radius 2 is 1.95 bits per heavy atom. The molecule has 0 bridgehead atoms. The Morgan fingerprint density at radius 3 is 2.52 bits per heavy atom. The number of benzene rings is 1. The second kappa shape index (κ2) is 6.62. The van der Waals surface area contributed by atoms with Crippen molar-refractivity contribution in [3.63, 3.8) is 0 Å². The van der Waals surface area contributed by atoms with Crippen molar-refractivity contribution in [2.45, 2.75) is 26.4 Å². The third kappa shape index (κ3) is 3.86. The molecule has 1 heterocycles. The Bertz CT molecular complexity index is 604. The van der Waals surface area contributed by atoms with E-state index in [4.69, 9.17) is 4.74 Å². The predicted octanol–water partition coefficient (Wildman–Crippen LogP) is 4.33. The number of methoxy groups -OCH3 is 1. The molecule has 3 nitrogen and oxygen atoms in total. The Kier molecular flexibility index (Phi) is 5.06. The van der Waals surface area contributed by atoms with Gasteiger partial charge in [-0.2, -0.15) is 0 Å². The largest absolute Gasteiger partial charge is 0.376 e. The molecule has 5 heteroatoms. The van der Waals surface area contributed by atoms with Crippen molar-refractivity contribution in [3.8, 4) is 0 Å². The lowest BCUT2D eigenvalue weighted by molar-refractivity contribution is 0.00260. The SMILES string of the molecule is COC(c1ccc(Br)cc1F)C(C)(C)Cc1cncnc1. The van der Waals surface area contributed by atoms with Gasteiger partial charge in [0, 0.05) is 29.5 Å². The molecular weight excluding hydrogens is 335 g/mol. The lowest BCUT2D eigenvalue weighted by atomic mass is 9.78. The summed E-state index contributed by atoms with van der Waals surface area (Å²) in [5, 5.41) is 0. The molecule has 2 rings (SSSR count). The zero-order chi connectivity index (χ0) is 15.5. The second-order valence-electron chi connectivity index (χ2n) is 5.69. The molecule has 0 radical (unpaired) electrons. The van der Waals surface area contributed by atoms with Gasteiger partial charge in [0.2, 0.25) is 0 Å². The van der Waals surface area contributed by atoms with E-state index in [1.807, 2.05) is 6.07 Å². The van der Waals surface area contributed by atoms with Crippen molar-refractivity contribution in [2.75, 3.05) is 7.11 Å². The van der Waals surface area contributed by atoms with Crippen LogP contribution in [-0.4, -0.2) is 17.1 Å². The van der Waals surface area contributed by atoms with E-state index < -0.39 is 0 Å². The molecule has 0 aliphatic heterocycles. The van der Waals surface area contributed by atoms with Crippen LogP contribution in [0, 0.1) is 11.2 Å². The van der Waals surface area contributed by atoms with E-state index in [0.717, 1.165) is 5.56 Å². The van der Waals surface area contributed by atoms with E-state index in [1.165, 1.54) is 12.4 Å². The van der Waals surface area contributed by atoms with Gasteiger partial charge in [0.15, 0.2) is 0 Å². The van der Waals surface area contributed by atoms with Gasteiger partial charge in [-0.25, -0.2) is 14.4 Å². The fourth-order valence-corrected chi connectivity index (χ4v) is 2.95. The molecule has 0 spiro atoms. The molecule has 1 atom stereocenters. The van der Waals surface area contributed by atoms with Gasteiger partial charge in [0.1, 0.15) is 12.1 Å². The number of rotatable bonds is 5. The highest BCUT2D eigenvalue weighted by Gasteiger charge is 2.33. The molecule has 112 valence electrons. The number of hydrogen-bond donors (Lipinski definition) is 0. The van der Waals surface area contributed by atoms with E-state index in [0.29, 0.717) is 16.5 Å². The average molecular weight is 353 g/mol. The minimum Gasteiger partial charge on any atom is -0.376 e. The number of hydrogen-bond acceptors (Lipinski definition) is 3. The molecule has 0 amide bonds. The van der Waals surface area contributed by atoms with Gasteiger partial charge in [0.05, 0.1) is 6.10 Å². The first-order valence-corrected chi connectivity index (χ1v) is 7.45. The highest BCUT2D eigenvalue weighted by atomic mass is 79.9. The molecule has 0 saturated carbocycles. The summed E-state index contributed by atoms with van der Waals surface area (Å²) in [5.74, 6) is -0.270. The third-order valence-electron chi connectivity index (χ3n) is 3.46. The third-order valence-corrected chi connectivity index (χ3v) is 3.96. The van der Waals surface area contributed by atoms with Crippen molar-refractivity contribution in [2.24, 2.45) is 5.41 Å². The predicted molar refractivity (Wildman–Crippen MR) is 83.4 cm³/mol. The molecule has 1 aromatic heterocycles. The number of nitrogens with zero attached hydrogens (tertiary/aromatic N) is 2. The molecule has 21 heavy (non-hydrogen) atoms. The zero-order valence-electron chi connectivity index (χ0n) is 12.3. The van der Waals surface area contributed by atoms with E-state index in [-0.39, 0.29) is 17.3 Å². The molecule has 2 aromatic rings. The molecule has 1 aromatic carbocycles. The first-order valence-electron chi connectivity index (χ1n) is 6.65. The van der Waals surface area contributed by atoms with E-state index in [1.54, 1.807) is 25.6 Å². The van der Waals surface area contributed by atoms with E-state index >= 15 is 0 Å². The zero-order valence-corrected chi connectivity index (χ0v) is 13.9. The van der Waals surface area contributed by atoms with Gasteiger partial charge < -0.3 is 4.74 Å². The molecule has 0 N–H and O–H groups in total. The lowest BCUT2D eigenvalue weighted by Crippen LogP contribution is -2.27. The summed E-state index contributed by atoms with van der Waals surface area (Å²) < 4.78 is 20.5. The minimum absolute atomic E-state index is 0.270. The quantitative estimate of drug-likeness (QED) is 0.802. The molecule has 1 unspecified atom stereocenters. The topological polar surface area (TPSA) is 35.0 Å². The fourth-order valence-electron chi connectivity index (χ4n) is 2.62. The summed E-state index contributed by atoms with van der Waals surface area (Å²) in [5.41, 5.74) is 1.26. The first kappa shape index (κ1) is 16.0. The second-order valence-corrected chi connectivity index (χ2v) is 6.61. The standard InChI is InChI=1S/C16H18BrFN2O/c1-16(2,7-11-8-19-10-20-9-11)15(21-3)13-5-4-12(17)6-14(13)18/h4-6,8-10,15H,7H2,1-3H3. The van der Waals surface area contributed by atoms with Crippen LogP contribution in [0.15, 0.2) is 41.4 Å². The van der Waals surface area contributed by atoms with Crippen LogP contribution in [0.3, 0.4) is 0 Å². The number of ether oxygens (including phenoxy) is 1. The van der Waals surface area contributed by atoms with Crippen LogP contribution in [-0.2, 0) is 11.2 Å². The normalized spacial score (nSPS) is 13.2. The maximum absolute atomic E-state index is 14.2. The summed E-state index contributed by atoms with van der Waals surface area (Å²) in [7, 11) is 1.61. The van der Waals surface area contributed by atoms with Crippen LogP contribution >= 0.6 is 15.9 Å². The average Bonchev–Trinajstić information content (AvgIpc) is 2.42. The highest BCUT2D eigenvalue weighted by molar-refractivity contribution is 9.10. The molecule has 0 fully saturated rings. The first-order chi connectivity index (χ1) is 9.94. The van der Waals surface area contributed by atoms with E-state index in [9.17, 15) is 4.39 Å². The van der Waals surface area contributed by atoms with Gasteiger partial charge in [-0.1, -0.05) is 35.8 Å². The van der Waals surface area contributed by atoms with Crippen LogP contribution in [0.5, 0.6) is 0 Å². The van der Waals surface area contributed by atoms with Gasteiger partial charge >= 0.3 is 0 Å². The number of aromatic nitrogens is 2. The summed E-state index contributed by atoms with van der Waals surface area (Å²) in [6.45, 7) is 4.10. The maximum Gasteiger partial charge on any atom is 0.130 e. The van der Waals surface area contributed by atoms with Crippen molar-refractivity contribution >= 4 is 15.9 Å². The fraction of sp³-hybridized carbons (Fsp3) is 0.375. The van der Waals surface area contributed by atoms with Crippen molar-refractivity contribution < 1.29 is 9.13 Å². The Balaban J connectivity index is 2.30. The molecular formula is C16H18BrFN2O. The summed E-state index contributed by atoms with van der Waals surface area (Å²) in [6.07, 6.45) is 5.39. The molecule has 0 aliphatic carbocycles. The van der Waals surface area contributed by atoms with Gasteiger partial charge in [-0.05, 0) is 29.5 Å². The van der Waals surface area contributed by atoms with Crippen LogP contribution in [0.1, 0.15) is 31.1 Å². The van der Waals surface area contributed by atoms with Crippen molar-refractivity contribution in [1.82, 2.24) is 9.97 Å². The van der Waals surface area contributed by atoms with Gasteiger partial charge in [-0.3, -0.25) is 0 Å². The van der Waals surface area contributed by atoms with E-state index in [2.05, 4.69) is 39.7 Å². The highest BCUT2D eigenvalue weighted by Crippen LogP contribution is 2.40. The van der Waals surface area contributed by atoms with Crippen LogP contribution in [0.2, 0.25) is 0 Å². The molecule has 0 saturated heterocycles. The smallest absolute Gasteiger partial charge is 0.130 e. The summed E-state index contributed by atoms with van der Waals surface area (Å²) in [6, 6.07) is 5.05. The number of halogens is 2. The maximum atomic E-state index is 14.2. The van der Waals surface area contributed by atoms with Crippen LogP contribution in [0.4, 0.5) is 4.39 Å². The summed E-state index contributed by atoms with van der Waals surface area (Å²) >= 11 is 3.27. The van der Waals surface area contributed by atoms with Gasteiger partial charge in [0.25, 0.3) is 0 Å². The minimum atomic E-state index is -0.356. The summed E-state index contributed by atoms with van der Waals surface area (Å²) in [4.78, 5) is 8.05. The van der Waals surface area contributed by atoms with Crippen LogP contribution in [0.25, 0.3) is 0 Å². The monoisotopic (exact) mass is 352 g/mol. The van der Waals surface area contributed by atoms with Crippen molar-refractivity contribution in [1.29, 1.82) is 0 Å². The van der Waals surface area contributed by atoms with Crippen LogP contribution < -0.4 is 0 Å². The lowest BCUT2D eigenvalue weighted by Gasteiger charge is -2.34. The Morgan fingerprint density at radius 1 is 1.29 bits per heavy atom. The Hall–Kier alpha value is -1.33. The Labute approximate surface area is 132 Å².